The van der Waals surface area contributed by atoms with E-state index in [0.29, 0.717) is 16.9 Å². The minimum absolute atomic E-state index is 0.493. The third-order valence-electron chi connectivity index (χ3n) is 6.03. The van der Waals surface area contributed by atoms with Crippen LogP contribution in [0.1, 0.15) is 93.4 Å². The van der Waals surface area contributed by atoms with E-state index in [1.165, 1.54) is 51.5 Å². The molecule has 0 atom stereocenters. The lowest BCUT2D eigenvalue weighted by atomic mass is 9.61. The molecule has 1 rings (SSSR count). The smallest absolute Gasteiger partial charge is 0.00106 e. The molecule has 21 heavy (non-hydrogen) atoms. The molecule has 0 radical (unpaired) electrons. The van der Waals surface area contributed by atoms with Crippen LogP contribution in [0.15, 0.2) is 0 Å². The van der Waals surface area contributed by atoms with Gasteiger partial charge in [0.05, 0.1) is 0 Å². The van der Waals surface area contributed by atoms with Crippen LogP contribution in [0.25, 0.3) is 0 Å². The van der Waals surface area contributed by atoms with Crippen molar-refractivity contribution in [3.63, 3.8) is 0 Å². The van der Waals surface area contributed by atoms with Crippen LogP contribution in [0.2, 0.25) is 0 Å². The fourth-order valence-electron chi connectivity index (χ4n) is 4.16. The molecular formula is C20H41N. The summed E-state index contributed by atoms with van der Waals surface area (Å²) in [6.45, 7) is 17.8. The molecule has 1 N–H and O–H groups in total. The van der Waals surface area contributed by atoms with Gasteiger partial charge in [0, 0.05) is 12.6 Å². The third kappa shape index (κ3) is 5.93. The first-order chi connectivity index (χ1) is 9.72. The Morgan fingerprint density at radius 2 is 1.57 bits per heavy atom. The molecular weight excluding hydrogens is 254 g/mol. The van der Waals surface area contributed by atoms with Crippen molar-refractivity contribution in [2.75, 3.05) is 6.54 Å². The van der Waals surface area contributed by atoms with Crippen LogP contribution in [-0.2, 0) is 0 Å². The highest BCUT2D eigenvalue weighted by molar-refractivity contribution is 4.92. The van der Waals surface area contributed by atoms with Gasteiger partial charge in [-0.2, -0.15) is 0 Å². The standard InChI is InChI=1S/C20H41N/c1-8-17(9-2)14-20(15-21-16(3)4)12-10-18(11-13-20)19(5,6)7/h16-18,21H,8-15H2,1-7H3. The molecule has 0 aromatic rings. The summed E-state index contributed by atoms with van der Waals surface area (Å²) in [5.74, 6) is 1.84. The summed E-state index contributed by atoms with van der Waals surface area (Å²) in [6, 6.07) is 0.615. The Morgan fingerprint density at radius 3 is 1.95 bits per heavy atom. The van der Waals surface area contributed by atoms with Crippen molar-refractivity contribution >= 4 is 0 Å². The predicted molar refractivity (Wildman–Crippen MR) is 95.7 cm³/mol. The van der Waals surface area contributed by atoms with Gasteiger partial charge in [-0.3, -0.25) is 0 Å². The lowest BCUT2D eigenvalue weighted by Crippen LogP contribution is -2.42. The van der Waals surface area contributed by atoms with E-state index >= 15 is 0 Å². The molecule has 1 heteroatoms. The summed E-state index contributed by atoms with van der Waals surface area (Å²) in [7, 11) is 0. The van der Waals surface area contributed by atoms with Gasteiger partial charge < -0.3 is 5.32 Å². The Hall–Kier alpha value is -0.0400. The summed E-state index contributed by atoms with van der Waals surface area (Å²) < 4.78 is 0. The topological polar surface area (TPSA) is 12.0 Å². The van der Waals surface area contributed by atoms with Gasteiger partial charge in [0.2, 0.25) is 0 Å². The number of hydrogen-bond acceptors (Lipinski definition) is 1. The Labute approximate surface area is 134 Å². The summed E-state index contributed by atoms with van der Waals surface area (Å²) in [6.07, 6.45) is 9.88. The number of rotatable bonds is 7. The summed E-state index contributed by atoms with van der Waals surface area (Å²) in [4.78, 5) is 0. The molecule has 0 aliphatic heterocycles. The van der Waals surface area contributed by atoms with Crippen molar-refractivity contribution in [1.29, 1.82) is 0 Å². The van der Waals surface area contributed by atoms with Crippen molar-refractivity contribution in [2.24, 2.45) is 22.7 Å². The average molecular weight is 296 g/mol. The third-order valence-corrected chi connectivity index (χ3v) is 6.03. The van der Waals surface area contributed by atoms with E-state index < -0.39 is 0 Å². The van der Waals surface area contributed by atoms with E-state index in [-0.39, 0.29) is 0 Å². The molecule has 0 bridgehead atoms. The second-order valence-corrected chi connectivity index (χ2v) is 9.06. The van der Waals surface area contributed by atoms with Crippen molar-refractivity contribution in [2.45, 2.75) is 99.5 Å². The molecule has 1 aliphatic carbocycles. The first-order valence-electron chi connectivity index (χ1n) is 9.46. The Morgan fingerprint density at radius 1 is 1.05 bits per heavy atom. The van der Waals surface area contributed by atoms with Crippen LogP contribution >= 0.6 is 0 Å². The van der Waals surface area contributed by atoms with Crippen molar-refractivity contribution in [1.82, 2.24) is 5.32 Å². The molecule has 1 aliphatic rings. The van der Waals surface area contributed by atoms with Crippen LogP contribution in [0.4, 0.5) is 0 Å². The van der Waals surface area contributed by atoms with Crippen molar-refractivity contribution in [3.05, 3.63) is 0 Å². The number of nitrogens with one attached hydrogen (secondary N) is 1. The van der Waals surface area contributed by atoms with Gasteiger partial charge in [-0.25, -0.2) is 0 Å². The molecule has 0 spiro atoms. The molecule has 0 heterocycles. The maximum Gasteiger partial charge on any atom is 0.00106 e. The molecule has 0 saturated heterocycles. The molecule has 0 aromatic carbocycles. The van der Waals surface area contributed by atoms with Gasteiger partial charge in [0.25, 0.3) is 0 Å². The van der Waals surface area contributed by atoms with E-state index in [1.807, 2.05) is 0 Å². The Kier molecular flexibility index (Phi) is 7.24. The normalized spacial score (nSPS) is 27.6. The van der Waals surface area contributed by atoms with E-state index in [2.05, 4.69) is 53.8 Å². The Balaban J connectivity index is 2.71. The van der Waals surface area contributed by atoms with Gasteiger partial charge in [0.15, 0.2) is 0 Å². The molecule has 1 fully saturated rings. The molecule has 0 aromatic heterocycles. The van der Waals surface area contributed by atoms with Crippen LogP contribution < -0.4 is 5.32 Å². The minimum Gasteiger partial charge on any atom is -0.314 e. The summed E-state index contributed by atoms with van der Waals surface area (Å²) >= 11 is 0. The molecule has 1 nitrogen and oxygen atoms in total. The molecule has 126 valence electrons. The van der Waals surface area contributed by atoms with Gasteiger partial charge in [-0.15, -0.1) is 0 Å². The minimum atomic E-state index is 0.493. The second-order valence-electron chi connectivity index (χ2n) is 9.06. The molecule has 0 amide bonds. The first kappa shape index (κ1) is 19.0. The van der Waals surface area contributed by atoms with E-state index in [9.17, 15) is 0 Å². The molecule has 0 unspecified atom stereocenters. The second kappa shape index (κ2) is 7.99. The van der Waals surface area contributed by atoms with Gasteiger partial charge >= 0.3 is 0 Å². The zero-order chi connectivity index (χ0) is 16.1. The summed E-state index contributed by atoms with van der Waals surface area (Å²) in [5.41, 5.74) is 1.06. The van der Waals surface area contributed by atoms with Gasteiger partial charge in [-0.05, 0) is 54.8 Å². The van der Waals surface area contributed by atoms with Crippen molar-refractivity contribution in [3.8, 4) is 0 Å². The van der Waals surface area contributed by atoms with Gasteiger partial charge in [-0.1, -0.05) is 61.3 Å². The zero-order valence-electron chi connectivity index (χ0n) is 15.9. The quantitative estimate of drug-likeness (QED) is 0.604. The predicted octanol–water partition coefficient (Wildman–Crippen LogP) is 6.03. The largest absolute Gasteiger partial charge is 0.314 e. The summed E-state index contributed by atoms with van der Waals surface area (Å²) in [5, 5.41) is 3.76. The zero-order valence-corrected chi connectivity index (χ0v) is 15.9. The SMILES string of the molecule is CCC(CC)CC1(CNC(C)C)CCC(C(C)(C)C)CC1. The lowest BCUT2D eigenvalue weighted by Gasteiger charge is -2.46. The van der Waals surface area contributed by atoms with E-state index in [1.54, 1.807) is 0 Å². The molecule has 1 saturated carbocycles. The maximum atomic E-state index is 3.76. The van der Waals surface area contributed by atoms with E-state index in [0.717, 1.165) is 11.8 Å². The highest BCUT2D eigenvalue weighted by Gasteiger charge is 2.39. The Bertz CT molecular complexity index is 275. The fourth-order valence-corrected chi connectivity index (χ4v) is 4.16. The van der Waals surface area contributed by atoms with Crippen LogP contribution in [-0.4, -0.2) is 12.6 Å². The van der Waals surface area contributed by atoms with Crippen molar-refractivity contribution < 1.29 is 0 Å². The first-order valence-corrected chi connectivity index (χ1v) is 9.46. The van der Waals surface area contributed by atoms with Crippen LogP contribution in [0.3, 0.4) is 0 Å². The lowest BCUT2D eigenvalue weighted by molar-refractivity contribution is 0.0634. The van der Waals surface area contributed by atoms with E-state index in [4.69, 9.17) is 0 Å². The highest BCUT2D eigenvalue weighted by atomic mass is 14.9. The monoisotopic (exact) mass is 295 g/mol. The maximum absolute atomic E-state index is 3.76. The highest BCUT2D eigenvalue weighted by Crippen LogP contribution is 2.48. The number of hydrogen-bond donors (Lipinski definition) is 1. The van der Waals surface area contributed by atoms with Crippen LogP contribution in [0.5, 0.6) is 0 Å². The van der Waals surface area contributed by atoms with Crippen LogP contribution in [0, 0.1) is 22.7 Å². The average Bonchev–Trinajstić information content (AvgIpc) is 2.42. The van der Waals surface area contributed by atoms with Gasteiger partial charge in [0.1, 0.15) is 0 Å². The fraction of sp³-hybridized carbons (Fsp3) is 1.00.